The molecule has 0 saturated carbocycles. The van der Waals surface area contributed by atoms with Crippen LogP contribution in [0.2, 0.25) is 0 Å². The summed E-state index contributed by atoms with van der Waals surface area (Å²) in [5.74, 6) is 0.227. The number of alkyl halides is 1. The van der Waals surface area contributed by atoms with Crippen LogP contribution in [-0.2, 0) is 6.54 Å². The zero-order chi connectivity index (χ0) is 13.7. The molecule has 19 heavy (non-hydrogen) atoms. The van der Waals surface area contributed by atoms with E-state index in [9.17, 15) is 4.39 Å². The second-order valence-electron chi connectivity index (χ2n) is 4.23. The second kappa shape index (κ2) is 7.04. The van der Waals surface area contributed by atoms with Crippen LogP contribution in [-0.4, -0.2) is 5.88 Å². The van der Waals surface area contributed by atoms with Gasteiger partial charge < -0.3 is 5.32 Å². The van der Waals surface area contributed by atoms with Crippen LogP contribution in [0.3, 0.4) is 0 Å². The van der Waals surface area contributed by atoms with Crippen molar-refractivity contribution in [2.45, 2.75) is 12.6 Å². The van der Waals surface area contributed by atoms with E-state index in [4.69, 9.17) is 11.6 Å². The first-order chi connectivity index (χ1) is 9.20. The average Bonchev–Trinajstić information content (AvgIpc) is 2.43. The number of nitrogens with one attached hydrogen (secondary N) is 1. The Morgan fingerprint density at radius 3 is 2.53 bits per heavy atom. The van der Waals surface area contributed by atoms with E-state index in [-0.39, 0.29) is 11.9 Å². The van der Waals surface area contributed by atoms with Crippen LogP contribution in [0.15, 0.2) is 53.0 Å². The van der Waals surface area contributed by atoms with Gasteiger partial charge in [-0.15, -0.1) is 11.6 Å². The molecule has 0 aliphatic rings. The summed E-state index contributed by atoms with van der Waals surface area (Å²) in [7, 11) is 0. The van der Waals surface area contributed by atoms with Gasteiger partial charge in [-0.25, -0.2) is 4.39 Å². The van der Waals surface area contributed by atoms with Crippen LogP contribution >= 0.6 is 27.5 Å². The Bertz CT molecular complexity index is 533. The van der Waals surface area contributed by atoms with Gasteiger partial charge in [0.15, 0.2) is 0 Å². The van der Waals surface area contributed by atoms with Crippen LogP contribution in [0.25, 0.3) is 0 Å². The van der Waals surface area contributed by atoms with Crippen LogP contribution in [0.5, 0.6) is 0 Å². The highest BCUT2D eigenvalue weighted by Crippen LogP contribution is 2.18. The van der Waals surface area contributed by atoms with Crippen molar-refractivity contribution in [1.82, 2.24) is 5.32 Å². The molecule has 0 aliphatic carbocycles. The summed E-state index contributed by atoms with van der Waals surface area (Å²) in [6, 6.07) is 15.0. The van der Waals surface area contributed by atoms with Crippen molar-refractivity contribution < 1.29 is 4.39 Å². The highest BCUT2D eigenvalue weighted by molar-refractivity contribution is 9.10. The summed E-state index contributed by atoms with van der Waals surface area (Å²) < 4.78 is 14.4. The maximum Gasteiger partial charge on any atom is 0.128 e. The van der Waals surface area contributed by atoms with Gasteiger partial charge in [-0.3, -0.25) is 0 Å². The topological polar surface area (TPSA) is 12.0 Å². The molecular formula is C15H14BrClFN. The maximum atomic E-state index is 13.7. The summed E-state index contributed by atoms with van der Waals surface area (Å²) >= 11 is 9.21. The van der Waals surface area contributed by atoms with Crippen LogP contribution < -0.4 is 5.32 Å². The van der Waals surface area contributed by atoms with Crippen molar-refractivity contribution in [3.63, 3.8) is 0 Å². The molecule has 2 aromatic rings. The Hall–Kier alpha value is -0.900. The normalized spacial score (nSPS) is 12.4. The summed E-state index contributed by atoms with van der Waals surface area (Å²) in [6.45, 7) is 0.450. The predicted molar refractivity (Wildman–Crippen MR) is 80.8 cm³/mol. The fraction of sp³-hybridized carbons (Fsp3) is 0.200. The van der Waals surface area contributed by atoms with Crippen molar-refractivity contribution in [2.75, 3.05) is 5.88 Å². The molecule has 1 unspecified atom stereocenters. The molecule has 0 radical (unpaired) electrons. The molecule has 100 valence electrons. The minimum absolute atomic E-state index is 0.0194. The van der Waals surface area contributed by atoms with Gasteiger partial charge in [-0.2, -0.15) is 0 Å². The van der Waals surface area contributed by atoms with Crippen LogP contribution in [0.4, 0.5) is 4.39 Å². The lowest BCUT2D eigenvalue weighted by molar-refractivity contribution is 0.547. The zero-order valence-electron chi connectivity index (χ0n) is 10.2. The second-order valence-corrected chi connectivity index (χ2v) is 5.46. The third-order valence-electron chi connectivity index (χ3n) is 2.91. The van der Waals surface area contributed by atoms with E-state index in [1.807, 2.05) is 36.4 Å². The molecule has 0 spiro atoms. The third kappa shape index (κ3) is 4.03. The minimum Gasteiger partial charge on any atom is -0.305 e. The molecule has 0 fully saturated rings. The third-order valence-corrected chi connectivity index (χ3v) is 3.71. The van der Waals surface area contributed by atoms with Gasteiger partial charge in [0.1, 0.15) is 5.82 Å². The Balaban J connectivity index is 2.04. The van der Waals surface area contributed by atoms with Gasteiger partial charge in [0.2, 0.25) is 0 Å². The van der Waals surface area contributed by atoms with E-state index >= 15 is 0 Å². The Morgan fingerprint density at radius 1 is 1.16 bits per heavy atom. The highest BCUT2D eigenvalue weighted by atomic mass is 79.9. The molecule has 0 aliphatic heterocycles. The van der Waals surface area contributed by atoms with E-state index in [2.05, 4.69) is 21.2 Å². The van der Waals surface area contributed by atoms with Gasteiger partial charge in [0.05, 0.1) is 0 Å². The van der Waals surface area contributed by atoms with E-state index < -0.39 is 0 Å². The molecule has 0 aromatic heterocycles. The van der Waals surface area contributed by atoms with Gasteiger partial charge in [-0.05, 0) is 17.7 Å². The Morgan fingerprint density at radius 2 is 1.89 bits per heavy atom. The Kier molecular flexibility index (Phi) is 5.37. The van der Waals surface area contributed by atoms with Gasteiger partial charge in [-0.1, -0.05) is 52.3 Å². The van der Waals surface area contributed by atoms with Crippen molar-refractivity contribution in [2.24, 2.45) is 0 Å². The van der Waals surface area contributed by atoms with E-state index in [1.165, 1.54) is 6.07 Å². The molecule has 4 heteroatoms. The van der Waals surface area contributed by atoms with Gasteiger partial charge in [0, 0.05) is 28.5 Å². The molecule has 2 aromatic carbocycles. The largest absolute Gasteiger partial charge is 0.305 e. The van der Waals surface area contributed by atoms with Crippen molar-refractivity contribution in [3.8, 4) is 0 Å². The van der Waals surface area contributed by atoms with Crippen molar-refractivity contribution >= 4 is 27.5 Å². The summed E-state index contributed by atoms with van der Waals surface area (Å²) in [6.07, 6.45) is 0. The summed E-state index contributed by atoms with van der Waals surface area (Å²) in [5, 5.41) is 3.28. The van der Waals surface area contributed by atoms with E-state index in [0.29, 0.717) is 18.0 Å². The number of hydrogen-bond acceptors (Lipinski definition) is 1. The molecule has 1 atom stereocenters. The molecule has 1 N–H and O–H groups in total. The smallest absolute Gasteiger partial charge is 0.128 e. The maximum absolute atomic E-state index is 13.7. The molecule has 0 bridgehead atoms. The van der Waals surface area contributed by atoms with Crippen molar-refractivity contribution in [3.05, 3.63) is 69.9 Å². The first-order valence-electron chi connectivity index (χ1n) is 5.99. The standard InChI is InChI=1S/C15H14BrClFN/c16-13-7-6-12(14(18)8-13)10-19-15(9-17)11-4-2-1-3-5-11/h1-8,15,19H,9-10H2. The van der Waals surface area contributed by atoms with Gasteiger partial charge >= 0.3 is 0 Å². The molecule has 1 nitrogen and oxygen atoms in total. The van der Waals surface area contributed by atoms with Crippen LogP contribution in [0.1, 0.15) is 17.2 Å². The zero-order valence-corrected chi connectivity index (χ0v) is 12.6. The highest BCUT2D eigenvalue weighted by Gasteiger charge is 2.10. The number of rotatable bonds is 5. The van der Waals surface area contributed by atoms with Gasteiger partial charge in [0.25, 0.3) is 0 Å². The average molecular weight is 343 g/mol. The SMILES string of the molecule is Fc1cc(Br)ccc1CNC(CCl)c1ccccc1. The Labute approximate surface area is 125 Å². The van der Waals surface area contributed by atoms with Crippen LogP contribution in [0, 0.1) is 5.82 Å². The quantitative estimate of drug-likeness (QED) is 0.779. The fourth-order valence-electron chi connectivity index (χ4n) is 1.85. The number of benzene rings is 2. The lowest BCUT2D eigenvalue weighted by Gasteiger charge is -2.16. The summed E-state index contributed by atoms with van der Waals surface area (Å²) in [4.78, 5) is 0. The fourth-order valence-corrected chi connectivity index (χ4v) is 2.47. The molecule has 0 saturated heterocycles. The van der Waals surface area contributed by atoms with E-state index in [0.717, 1.165) is 10.0 Å². The first-order valence-corrected chi connectivity index (χ1v) is 7.31. The first kappa shape index (κ1) is 14.5. The lowest BCUT2D eigenvalue weighted by atomic mass is 10.1. The number of hydrogen-bond donors (Lipinski definition) is 1. The molecule has 2 rings (SSSR count). The molecule has 0 heterocycles. The monoisotopic (exact) mass is 341 g/mol. The molecular weight excluding hydrogens is 329 g/mol. The molecule has 0 amide bonds. The number of halogens is 3. The summed E-state index contributed by atoms with van der Waals surface area (Å²) in [5.41, 5.74) is 1.74. The van der Waals surface area contributed by atoms with Crippen molar-refractivity contribution in [1.29, 1.82) is 0 Å². The minimum atomic E-state index is -0.219. The lowest BCUT2D eigenvalue weighted by Crippen LogP contribution is -2.22. The predicted octanol–water partition coefficient (Wildman–Crippen LogP) is 4.66. The van der Waals surface area contributed by atoms with E-state index in [1.54, 1.807) is 6.07 Å².